The highest BCUT2D eigenvalue weighted by atomic mass is 16.5. The number of ether oxygens (including phenoxy) is 1. The fraction of sp³-hybridized carbons (Fsp3) is 0.364. The van der Waals surface area contributed by atoms with E-state index in [-0.39, 0.29) is 22.7 Å². The van der Waals surface area contributed by atoms with Gasteiger partial charge in [0.05, 0.1) is 10.9 Å². The van der Waals surface area contributed by atoms with Crippen molar-refractivity contribution >= 4 is 22.8 Å². The Morgan fingerprint density at radius 3 is 2.67 bits per heavy atom. The van der Waals surface area contributed by atoms with Gasteiger partial charge in [0.25, 0.3) is 0 Å². The monoisotopic (exact) mass is 368 g/mol. The summed E-state index contributed by atoms with van der Waals surface area (Å²) in [5.74, 6) is -0.165. The van der Waals surface area contributed by atoms with E-state index in [9.17, 15) is 14.7 Å². The first kappa shape index (κ1) is 19.0. The molecule has 2 heterocycles. The Morgan fingerprint density at radius 1 is 1.33 bits per heavy atom. The molecule has 27 heavy (non-hydrogen) atoms. The third-order valence-electron chi connectivity index (χ3n) is 4.79. The van der Waals surface area contributed by atoms with E-state index in [0.29, 0.717) is 28.7 Å². The second-order valence-corrected chi connectivity index (χ2v) is 7.35. The second kappa shape index (κ2) is 6.72. The standard InChI is InChI=1S/C22H24O5/c1-6-8-13-11-15(23)26-21-16(13)20-14(9-10-22(4,5)27-20)19(25)17(21)18(24)12(3)7-2/h7,9-11,25H,6,8H2,1-5H3/b12-7+. The molecule has 1 aliphatic rings. The number of benzene rings is 1. The summed E-state index contributed by atoms with van der Waals surface area (Å²) in [4.78, 5) is 25.1. The van der Waals surface area contributed by atoms with Gasteiger partial charge >= 0.3 is 5.63 Å². The fourth-order valence-electron chi connectivity index (χ4n) is 3.30. The van der Waals surface area contributed by atoms with E-state index in [2.05, 4.69) is 0 Å². The smallest absolute Gasteiger partial charge is 0.336 e. The number of aromatic hydroxyl groups is 1. The highest BCUT2D eigenvalue weighted by molar-refractivity contribution is 6.18. The number of ketones is 1. The highest BCUT2D eigenvalue weighted by Gasteiger charge is 2.32. The van der Waals surface area contributed by atoms with Gasteiger partial charge in [-0.25, -0.2) is 4.79 Å². The molecule has 1 aliphatic heterocycles. The Hall–Kier alpha value is -2.82. The lowest BCUT2D eigenvalue weighted by molar-refractivity contribution is 0.103. The van der Waals surface area contributed by atoms with Crippen LogP contribution in [0.15, 0.2) is 33.0 Å². The molecule has 0 amide bonds. The van der Waals surface area contributed by atoms with E-state index in [1.165, 1.54) is 6.07 Å². The molecule has 0 fully saturated rings. The summed E-state index contributed by atoms with van der Waals surface area (Å²) < 4.78 is 11.6. The van der Waals surface area contributed by atoms with Crippen molar-refractivity contribution in [1.82, 2.24) is 0 Å². The van der Waals surface area contributed by atoms with Crippen LogP contribution in [-0.4, -0.2) is 16.5 Å². The first-order chi connectivity index (χ1) is 12.7. The highest BCUT2D eigenvalue weighted by Crippen LogP contribution is 2.46. The molecule has 5 heteroatoms. The number of carbonyl (C=O) groups excluding carboxylic acids is 1. The SMILES string of the molecule is C/C=C(\C)C(=O)c1c(O)c2c(c3c(CCC)cc(=O)oc13)OC(C)(C)C=C2. The third kappa shape index (κ3) is 3.18. The molecule has 0 saturated heterocycles. The van der Waals surface area contributed by atoms with Crippen LogP contribution in [0.1, 0.15) is 62.5 Å². The lowest BCUT2D eigenvalue weighted by Crippen LogP contribution is -2.28. The minimum Gasteiger partial charge on any atom is -0.506 e. The topological polar surface area (TPSA) is 76.7 Å². The molecule has 0 aliphatic carbocycles. The number of phenols is 1. The van der Waals surface area contributed by atoms with Crippen LogP contribution in [0, 0.1) is 0 Å². The van der Waals surface area contributed by atoms with E-state index in [0.717, 1.165) is 12.0 Å². The number of hydrogen-bond donors (Lipinski definition) is 1. The van der Waals surface area contributed by atoms with Crippen LogP contribution in [0.5, 0.6) is 11.5 Å². The van der Waals surface area contributed by atoms with Crippen molar-refractivity contribution < 1.29 is 19.1 Å². The Balaban J connectivity index is 2.53. The zero-order chi connectivity index (χ0) is 19.9. The summed E-state index contributed by atoms with van der Waals surface area (Å²) in [6, 6.07) is 1.44. The van der Waals surface area contributed by atoms with Gasteiger partial charge in [0.15, 0.2) is 11.4 Å². The molecule has 0 unspecified atom stereocenters. The van der Waals surface area contributed by atoms with E-state index in [1.807, 2.05) is 26.8 Å². The minimum atomic E-state index is -0.587. The maximum absolute atomic E-state index is 12.9. The average molecular weight is 368 g/mol. The number of carbonyl (C=O) groups is 1. The Labute approximate surface area is 158 Å². The van der Waals surface area contributed by atoms with E-state index in [4.69, 9.17) is 9.15 Å². The van der Waals surface area contributed by atoms with E-state index >= 15 is 0 Å². The molecule has 0 bridgehead atoms. The van der Waals surface area contributed by atoms with Crippen molar-refractivity contribution in [2.45, 2.75) is 53.1 Å². The molecular formula is C22H24O5. The molecule has 3 rings (SSSR count). The summed E-state index contributed by atoms with van der Waals surface area (Å²) in [6.07, 6.45) is 6.69. The van der Waals surface area contributed by atoms with Crippen LogP contribution in [0.25, 0.3) is 17.0 Å². The molecule has 1 aromatic heterocycles. The number of hydrogen-bond acceptors (Lipinski definition) is 5. The normalized spacial score (nSPS) is 15.5. The molecule has 0 atom stereocenters. The number of aryl methyl sites for hydroxylation is 1. The Kier molecular flexibility index (Phi) is 4.72. The third-order valence-corrected chi connectivity index (χ3v) is 4.79. The summed E-state index contributed by atoms with van der Waals surface area (Å²) in [7, 11) is 0. The number of Topliss-reactive ketones (excluding diaryl/α,β-unsaturated/α-hetero) is 1. The van der Waals surface area contributed by atoms with Gasteiger partial charge < -0.3 is 14.3 Å². The van der Waals surface area contributed by atoms with Crippen molar-refractivity contribution in [2.75, 3.05) is 0 Å². The number of fused-ring (bicyclic) bond motifs is 3. The largest absolute Gasteiger partial charge is 0.506 e. The lowest BCUT2D eigenvalue weighted by atomic mass is 9.91. The zero-order valence-electron chi connectivity index (χ0n) is 16.3. The van der Waals surface area contributed by atoms with Gasteiger partial charge in [-0.15, -0.1) is 0 Å². The maximum Gasteiger partial charge on any atom is 0.336 e. The summed E-state index contributed by atoms with van der Waals surface area (Å²) in [5.41, 5.74) is 0.580. The molecule has 0 spiro atoms. The minimum absolute atomic E-state index is 0.00218. The fourth-order valence-corrected chi connectivity index (χ4v) is 3.30. The molecule has 2 aromatic rings. The van der Waals surface area contributed by atoms with Gasteiger partial charge in [0, 0.05) is 6.07 Å². The molecule has 5 nitrogen and oxygen atoms in total. The number of rotatable bonds is 4. The van der Waals surface area contributed by atoms with Crippen molar-refractivity contribution in [3.63, 3.8) is 0 Å². The van der Waals surface area contributed by atoms with Crippen molar-refractivity contribution in [1.29, 1.82) is 0 Å². The number of phenolic OH excluding ortho intramolecular Hbond substituents is 1. The van der Waals surface area contributed by atoms with Crippen LogP contribution in [-0.2, 0) is 6.42 Å². The van der Waals surface area contributed by atoms with Crippen molar-refractivity contribution in [3.05, 3.63) is 50.9 Å². The summed E-state index contributed by atoms with van der Waals surface area (Å²) in [5, 5.41) is 11.5. The molecular weight excluding hydrogens is 344 g/mol. The van der Waals surface area contributed by atoms with Gasteiger partial charge in [-0.1, -0.05) is 19.4 Å². The van der Waals surface area contributed by atoms with Crippen molar-refractivity contribution in [3.8, 4) is 11.5 Å². The van der Waals surface area contributed by atoms with E-state index in [1.54, 1.807) is 26.0 Å². The van der Waals surface area contributed by atoms with E-state index < -0.39 is 11.2 Å². The van der Waals surface area contributed by atoms with Gasteiger partial charge in [-0.3, -0.25) is 4.79 Å². The number of allylic oxidation sites excluding steroid dienone is 2. The van der Waals surface area contributed by atoms with Gasteiger partial charge in [-0.05, 0) is 57.4 Å². The average Bonchev–Trinajstić information content (AvgIpc) is 2.59. The quantitative estimate of drug-likeness (QED) is 0.477. The second-order valence-electron chi connectivity index (χ2n) is 7.35. The van der Waals surface area contributed by atoms with Gasteiger partial charge in [-0.2, -0.15) is 0 Å². The van der Waals surface area contributed by atoms with Gasteiger partial charge in [0.2, 0.25) is 0 Å². The first-order valence-corrected chi connectivity index (χ1v) is 9.11. The molecule has 0 radical (unpaired) electrons. The Bertz CT molecular complexity index is 1050. The van der Waals surface area contributed by atoms with Crippen LogP contribution in [0.3, 0.4) is 0 Å². The van der Waals surface area contributed by atoms with Crippen LogP contribution in [0.4, 0.5) is 0 Å². The molecule has 1 aromatic carbocycles. The summed E-state index contributed by atoms with van der Waals surface area (Å²) in [6.45, 7) is 9.22. The van der Waals surface area contributed by atoms with Crippen LogP contribution < -0.4 is 10.4 Å². The predicted molar refractivity (Wildman–Crippen MR) is 106 cm³/mol. The van der Waals surface area contributed by atoms with Crippen molar-refractivity contribution in [2.24, 2.45) is 0 Å². The maximum atomic E-state index is 12.9. The lowest BCUT2D eigenvalue weighted by Gasteiger charge is -2.30. The Morgan fingerprint density at radius 2 is 2.04 bits per heavy atom. The predicted octanol–water partition coefficient (Wildman–Crippen LogP) is 4.78. The van der Waals surface area contributed by atoms with Crippen LogP contribution >= 0.6 is 0 Å². The first-order valence-electron chi connectivity index (χ1n) is 9.11. The van der Waals surface area contributed by atoms with Gasteiger partial charge in [0.1, 0.15) is 22.7 Å². The molecule has 0 saturated carbocycles. The zero-order valence-corrected chi connectivity index (χ0v) is 16.3. The van der Waals surface area contributed by atoms with Crippen LogP contribution in [0.2, 0.25) is 0 Å². The molecule has 1 N–H and O–H groups in total. The summed E-state index contributed by atoms with van der Waals surface area (Å²) >= 11 is 0. The molecule has 142 valence electrons.